The van der Waals surface area contributed by atoms with Crippen molar-refractivity contribution in [1.82, 2.24) is 9.80 Å². The lowest BCUT2D eigenvalue weighted by atomic mass is 10.0. The number of imide groups is 2. The Hall–Kier alpha value is -2.18. The number of rotatable bonds is 0. The molecule has 150 valence electrons. The van der Waals surface area contributed by atoms with Crippen LogP contribution in [0.25, 0.3) is 0 Å². The Morgan fingerprint density at radius 2 is 1.52 bits per heavy atom. The summed E-state index contributed by atoms with van der Waals surface area (Å²) < 4.78 is 5.32. The Kier molecular flexibility index (Phi) is 7.16. The van der Waals surface area contributed by atoms with Crippen molar-refractivity contribution in [3.8, 4) is 0 Å². The lowest BCUT2D eigenvalue weighted by molar-refractivity contribution is -0.164. The van der Waals surface area contributed by atoms with Crippen LogP contribution in [0.1, 0.15) is 72.1 Å². The van der Waals surface area contributed by atoms with Gasteiger partial charge in [-0.2, -0.15) is 0 Å². The largest absolute Gasteiger partial charge is 0.443 e. The summed E-state index contributed by atoms with van der Waals surface area (Å²) in [6, 6.07) is -0.941. The van der Waals surface area contributed by atoms with Crippen LogP contribution >= 0.6 is 0 Å². The summed E-state index contributed by atoms with van der Waals surface area (Å²) in [5.74, 6) is -1.17. The Labute approximate surface area is 160 Å². The lowest BCUT2D eigenvalue weighted by Crippen LogP contribution is -2.67. The molecule has 2 bridgehead atoms. The zero-order chi connectivity index (χ0) is 20.0. The number of β-lactam (4-membered cyclic amide) rings is 1. The molecule has 27 heavy (non-hydrogen) atoms. The second-order valence-corrected chi connectivity index (χ2v) is 8.07. The fourth-order valence-corrected chi connectivity index (χ4v) is 3.11. The lowest BCUT2D eigenvalue weighted by Gasteiger charge is -2.42. The molecule has 1 atom stereocenters. The third-order valence-corrected chi connectivity index (χ3v) is 4.57. The van der Waals surface area contributed by atoms with Crippen LogP contribution in [0.2, 0.25) is 0 Å². The highest BCUT2D eigenvalue weighted by Gasteiger charge is 2.48. The van der Waals surface area contributed by atoms with Gasteiger partial charge in [0.25, 0.3) is 5.91 Å². The number of allylic oxidation sites excluding steroid dienone is 2. The minimum Gasteiger partial charge on any atom is -0.443 e. The molecule has 3 aliphatic rings. The Morgan fingerprint density at radius 3 is 2.04 bits per heavy atom. The third kappa shape index (κ3) is 5.91. The van der Waals surface area contributed by atoms with E-state index in [0.29, 0.717) is 19.3 Å². The number of ether oxygens (including phenoxy) is 1. The average Bonchev–Trinajstić information content (AvgIpc) is 2.56. The van der Waals surface area contributed by atoms with E-state index in [1.165, 1.54) is 0 Å². The SMILES string of the molecule is CC(C)(C)OC(=O)N1C(=O)CCCC/C=C/CCCCC(=O)N2C[C@H]1C2=O. The van der Waals surface area contributed by atoms with Crippen LogP contribution in [0, 0.1) is 0 Å². The fourth-order valence-electron chi connectivity index (χ4n) is 3.11. The van der Waals surface area contributed by atoms with E-state index >= 15 is 0 Å². The van der Waals surface area contributed by atoms with Gasteiger partial charge >= 0.3 is 6.09 Å². The highest BCUT2D eigenvalue weighted by Crippen LogP contribution is 2.23. The average molecular weight is 378 g/mol. The summed E-state index contributed by atoms with van der Waals surface area (Å²) in [7, 11) is 0. The van der Waals surface area contributed by atoms with E-state index in [-0.39, 0.29) is 18.9 Å². The molecule has 0 N–H and O–H groups in total. The van der Waals surface area contributed by atoms with E-state index in [4.69, 9.17) is 4.74 Å². The van der Waals surface area contributed by atoms with Crippen LogP contribution in [0.15, 0.2) is 12.2 Å². The highest BCUT2D eigenvalue weighted by atomic mass is 16.6. The van der Waals surface area contributed by atoms with Crippen LogP contribution < -0.4 is 0 Å². The van der Waals surface area contributed by atoms with Crippen LogP contribution in [-0.4, -0.2) is 51.8 Å². The van der Waals surface area contributed by atoms with Gasteiger partial charge < -0.3 is 4.74 Å². The van der Waals surface area contributed by atoms with Gasteiger partial charge in [-0.05, 0) is 59.3 Å². The van der Waals surface area contributed by atoms with E-state index in [9.17, 15) is 19.2 Å². The summed E-state index contributed by atoms with van der Waals surface area (Å²) >= 11 is 0. The minimum atomic E-state index is -0.941. The van der Waals surface area contributed by atoms with Crippen molar-refractivity contribution >= 4 is 23.8 Å². The van der Waals surface area contributed by atoms with E-state index in [0.717, 1.165) is 35.5 Å². The molecule has 7 heteroatoms. The second-order valence-electron chi connectivity index (χ2n) is 8.07. The van der Waals surface area contributed by atoms with E-state index < -0.39 is 29.6 Å². The molecule has 3 heterocycles. The molecule has 3 rings (SSSR count). The Balaban J connectivity index is 2.15. The van der Waals surface area contributed by atoms with E-state index in [1.807, 2.05) is 0 Å². The number of amides is 4. The van der Waals surface area contributed by atoms with Gasteiger partial charge in [-0.15, -0.1) is 0 Å². The van der Waals surface area contributed by atoms with Gasteiger partial charge in [0.05, 0.1) is 6.54 Å². The van der Waals surface area contributed by atoms with Crippen LogP contribution in [0.3, 0.4) is 0 Å². The monoisotopic (exact) mass is 378 g/mol. The molecule has 0 radical (unpaired) electrons. The molecular weight excluding hydrogens is 348 g/mol. The van der Waals surface area contributed by atoms with Gasteiger partial charge in [-0.25, -0.2) is 9.69 Å². The Bertz CT molecular complexity index is 620. The molecule has 0 saturated carbocycles. The second kappa shape index (κ2) is 9.15. The van der Waals surface area contributed by atoms with Gasteiger partial charge in [0.1, 0.15) is 11.6 Å². The van der Waals surface area contributed by atoms with Gasteiger partial charge in [0.2, 0.25) is 11.8 Å². The van der Waals surface area contributed by atoms with Crippen molar-refractivity contribution in [3.63, 3.8) is 0 Å². The number of nitrogens with zero attached hydrogens (tertiary/aromatic N) is 2. The zero-order valence-electron chi connectivity index (χ0n) is 16.5. The van der Waals surface area contributed by atoms with Crippen molar-refractivity contribution in [2.24, 2.45) is 0 Å². The van der Waals surface area contributed by atoms with E-state index in [1.54, 1.807) is 20.8 Å². The molecule has 1 saturated heterocycles. The maximum absolute atomic E-state index is 12.6. The Morgan fingerprint density at radius 1 is 0.963 bits per heavy atom. The molecule has 3 aliphatic heterocycles. The molecule has 4 amide bonds. The molecule has 1 fully saturated rings. The first-order valence-corrected chi connectivity index (χ1v) is 9.75. The summed E-state index contributed by atoms with van der Waals surface area (Å²) in [5, 5.41) is 0. The molecule has 0 aliphatic carbocycles. The predicted molar refractivity (Wildman–Crippen MR) is 99.7 cm³/mol. The summed E-state index contributed by atoms with van der Waals surface area (Å²) in [4.78, 5) is 51.9. The number of carbonyl (C=O) groups excluding carboxylic acids is 4. The smallest absolute Gasteiger partial charge is 0.417 e. The van der Waals surface area contributed by atoms with Crippen LogP contribution in [0.5, 0.6) is 0 Å². The highest BCUT2D eigenvalue weighted by molar-refractivity contribution is 6.07. The van der Waals surface area contributed by atoms with Gasteiger partial charge in [0, 0.05) is 12.8 Å². The fraction of sp³-hybridized carbons (Fsp3) is 0.700. The third-order valence-electron chi connectivity index (χ3n) is 4.57. The molecule has 0 aromatic heterocycles. The molecule has 0 aromatic rings. The van der Waals surface area contributed by atoms with Crippen molar-refractivity contribution in [2.75, 3.05) is 6.54 Å². The summed E-state index contributed by atoms with van der Waals surface area (Å²) in [6.07, 6.45) is 8.70. The zero-order valence-corrected chi connectivity index (χ0v) is 16.5. The van der Waals surface area contributed by atoms with Crippen molar-refractivity contribution in [1.29, 1.82) is 0 Å². The maximum atomic E-state index is 12.6. The predicted octanol–water partition coefficient (Wildman–Crippen LogP) is 3.18. The minimum absolute atomic E-state index is 0.0581. The first-order valence-electron chi connectivity index (χ1n) is 9.75. The van der Waals surface area contributed by atoms with Crippen molar-refractivity contribution < 1.29 is 23.9 Å². The molecule has 7 nitrogen and oxygen atoms in total. The summed E-state index contributed by atoms with van der Waals surface area (Å²) in [6.45, 7) is 5.17. The van der Waals surface area contributed by atoms with Gasteiger partial charge in [-0.3, -0.25) is 19.3 Å². The number of fused-ring (bicyclic) bond motifs is 11. The standard InChI is InChI=1S/C20H30N2O5/c1-20(2,3)27-19(26)22-15-14-21(18(15)25)16(23)12-10-8-6-4-5-7-9-11-13-17(22)24/h4-5,15H,6-14H2,1-3H3/b5-4+/t15-/m0/s1. The number of hydrogen-bond acceptors (Lipinski definition) is 5. The maximum Gasteiger partial charge on any atom is 0.417 e. The first-order chi connectivity index (χ1) is 12.7. The number of carbonyl (C=O) groups is 4. The molecule has 0 unspecified atom stereocenters. The molecular formula is C20H30N2O5. The topological polar surface area (TPSA) is 84.0 Å². The quantitative estimate of drug-likeness (QED) is 0.367. The van der Waals surface area contributed by atoms with Gasteiger partial charge in [0.15, 0.2) is 0 Å². The van der Waals surface area contributed by atoms with Crippen molar-refractivity contribution in [3.05, 3.63) is 12.2 Å². The normalized spacial score (nSPS) is 24.4. The van der Waals surface area contributed by atoms with Crippen LogP contribution in [-0.2, 0) is 19.1 Å². The van der Waals surface area contributed by atoms with Crippen molar-refractivity contribution in [2.45, 2.75) is 83.8 Å². The van der Waals surface area contributed by atoms with Gasteiger partial charge in [-0.1, -0.05) is 12.2 Å². The molecule has 0 aromatic carbocycles. The van der Waals surface area contributed by atoms with E-state index in [2.05, 4.69) is 12.2 Å². The molecule has 0 spiro atoms. The number of hydrogen-bond donors (Lipinski definition) is 0. The first kappa shape index (κ1) is 21.1. The summed E-state index contributed by atoms with van der Waals surface area (Å²) in [5.41, 5.74) is -0.778. The van der Waals surface area contributed by atoms with Crippen LogP contribution in [0.4, 0.5) is 4.79 Å².